The van der Waals surface area contributed by atoms with Gasteiger partial charge in [-0.3, -0.25) is 4.79 Å². The van der Waals surface area contributed by atoms with Crippen molar-refractivity contribution in [2.75, 3.05) is 6.61 Å². The molecule has 0 N–H and O–H groups in total. The van der Waals surface area contributed by atoms with Crippen LogP contribution in [0.15, 0.2) is 42.5 Å². The van der Waals surface area contributed by atoms with Crippen molar-refractivity contribution in [3.8, 4) is 0 Å². The summed E-state index contributed by atoms with van der Waals surface area (Å²) in [6.07, 6.45) is 0.944. The first-order valence-corrected chi connectivity index (χ1v) is 6.93. The lowest BCUT2D eigenvalue weighted by Crippen LogP contribution is -2.05. The Bertz CT molecular complexity index is 560. The van der Waals surface area contributed by atoms with Crippen molar-refractivity contribution < 1.29 is 9.53 Å². The first-order valence-electron chi connectivity index (χ1n) is 6.49. The van der Waals surface area contributed by atoms with Gasteiger partial charge >= 0.3 is 5.97 Å². The lowest BCUT2D eigenvalue weighted by molar-refractivity contribution is -0.143. The number of alkyl halides is 1. The second-order valence-electron chi connectivity index (χ2n) is 4.38. The molecule has 0 bridgehead atoms. The van der Waals surface area contributed by atoms with E-state index in [1.54, 1.807) is 6.92 Å². The highest BCUT2D eigenvalue weighted by molar-refractivity contribution is 6.21. The molecule has 0 saturated carbocycles. The summed E-state index contributed by atoms with van der Waals surface area (Å²) >= 11 is 6.42. The molecule has 0 radical (unpaired) electrons. The number of fused-ring (bicyclic) bond motifs is 1. The minimum Gasteiger partial charge on any atom is -0.466 e. The molecule has 0 amide bonds. The quantitative estimate of drug-likeness (QED) is 0.595. The third-order valence-electron chi connectivity index (χ3n) is 3.07. The summed E-state index contributed by atoms with van der Waals surface area (Å²) in [6, 6.07) is 14.2. The van der Waals surface area contributed by atoms with E-state index in [1.165, 1.54) is 5.39 Å². The topological polar surface area (TPSA) is 26.3 Å². The minimum atomic E-state index is -0.187. The molecule has 2 aromatic carbocycles. The highest BCUT2D eigenvalue weighted by Crippen LogP contribution is 2.31. The van der Waals surface area contributed by atoms with Gasteiger partial charge in [0.1, 0.15) is 0 Å². The van der Waals surface area contributed by atoms with Gasteiger partial charge in [0.2, 0.25) is 0 Å². The fourth-order valence-electron chi connectivity index (χ4n) is 2.16. The van der Waals surface area contributed by atoms with E-state index in [2.05, 4.69) is 18.2 Å². The summed E-state index contributed by atoms with van der Waals surface area (Å²) in [6.45, 7) is 2.22. The molecule has 2 nitrogen and oxygen atoms in total. The summed E-state index contributed by atoms with van der Waals surface area (Å²) in [5.41, 5.74) is 1.07. The number of ether oxygens (including phenoxy) is 1. The molecule has 0 aliphatic carbocycles. The van der Waals surface area contributed by atoms with Gasteiger partial charge in [-0.05, 0) is 29.7 Å². The molecular weight excluding hydrogens is 260 g/mol. The Morgan fingerprint density at radius 3 is 2.74 bits per heavy atom. The van der Waals surface area contributed by atoms with Crippen LogP contribution in [-0.4, -0.2) is 12.6 Å². The number of carbonyl (C=O) groups excluding carboxylic acids is 1. The number of benzene rings is 2. The Morgan fingerprint density at radius 2 is 1.95 bits per heavy atom. The average Bonchev–Trinajstić information content (AvgIpc) is 2.44. The first kappa shape index (κ1) is 13.9. The van der Waals surface area contributed by atoms with Crippen LogP contribution in [0.3, 0.4) is 0 Å². The van der Waals surface area contributed by atoms with Gasteiger partial charge in [0, 0.05) is 6.42 Å². The highest BCUT2D eigenvalue weighted by atomic mass is 35.5. The van der Waals surface area contributed by atoms with E-state index in [-0.39, 0.29) is 11.3 Å². The second-order valence-corrected chi connectivity index (χ2v) is 4.91. The van der Waals surface area contributed by atoms with E-state index in [0.717, 1.165) is 10.9 Å². The fraction of sp³-hybridized carbons (Fsp3) is 0.312. The highest BCUT2D eigenvalue weighted by Gasteiger charge is 2.13. The van der Waals surface area contributed by atoms with Crippen LogP contribution in [0.1, 0.15) is 30.7 Å². The van der Waals surface area contributed by atoms with Crippen molar-refractivity contribution in [1.29, 1.82) is 0 Å². The predicted octanol–water partition coefficient (Wildman–Crippen LogP) is 4.46. The Balaban J connectivity index is 2.13. The molecule has 100 valence electrons. The van der Waals surface area contributed by atoms with E-state index in [9.17, 15) is 4.79 Å². The average molecular weight is 277 g/mol. The van der Waals surface area contributed by atoms with Crippen LogP contribution in [0.5, 0.6) is 0 Å². The maximum atomic E-state index is 11.4. The lowest BCUT2D eigenvalue weighted by atomic mass is 10.00. The third-order valence-corrected chi connectivity index (χ3v) is 3.52. The zero-order valence-electron chi connectivity index (χ0n) is 10.9. The molecule has 0 aromatic heterocycles. The molecule has 19 heavy (non-hydrogen) atoms. The molecule has 0 aliphatic heterocycles. The summed E-state index contributed by atoms with van der Waals surface area (Å²) < 4.78 is 4.92. The van der Waals surface area contributed by atoms with Crippen LogP contribution < -0.4 is 0 Å². The van der Waals surface area contributed by atoms with Crippen LogP contribution in [0.2, 0.25) is 0 Å². The maximum absolute atomic E-state index is 11.4. The summed E-state index contributed by atoms with van der Waals surface area (Å²) in [7, 11) is 0. The molecule has 0 heterocycles. The van der Waals surface area contributed by atoms with Gasteiger partial charge in [0.25, 0.3) is 0 Å². The SMILES string of the molecule is CCOC(=O)CCC(Cl)c1cccc2ccccc12. The van der Waals surface area contributed by atoms with E-state index < -0.39 is 0 Å². The van der Waals surface area contributed by atoms with E-state index in [4.69, 9.17) is 16.3 Å². The molecule has 0 saturated heterocycles. The molecule has 0 spiro atoms. The number of esters is 1. The molecule has 1 unspecified atom stereocenters. The monoisotopic (exact) mass is 276 g/mol. The number of rotatable bonds is 5. The van der Waals surface area contributed by atoms with Crippen molar-refractivity contribution >= 4 is 28.3 Å². The smallest absolute Gasteiger partial charge is 0.305 e. The third kappa shape index (κ3) is 3.48. The fourth-order valence-corrected chi connectivity index (χ4v) is 2.46. The van der Waals surface area contributed by atoms with Crippen molar-refractivity contribution in [1.82, 2.24) is 0 Å². The van der Waals surface area contributed by atoms with Gasteiger partial charge < -0.3 is 4.74 Å². The number of hydrogen-bond acceptors (Lipinski definition) is 2. The molecule has 3 heteroatoms. The lowest BCUT2D eigenvalue weighted by Gasteiger charge is -2.12. The van der Waals surface area contributed by atoms with Gasteiger partial charge in [-0.1, -0.05) is 42.5 Å². The Labute approximate surface area is 118 Å². The molecular formula is C16H17ClO2. The van der Waals surface area contributed by atoms with Crippen molar-refractivity contribution in [2.24, 2.45) is 0 Å². The Hall–Kier alpha value is -1.54. The summed E-state index contributed by atoms with van der Waals surface area (Å²) in [5, 5.41) is 2.14. The Morgan fingerprint density at radius 1 is 1.21 bits per heavy atom. The number of carbonyl (C=O) groups is 1. The van der Waals surface area contributed by atoms with Crippen LogP contribution in [0, 0.1) is 0 Å². The molecule has 0 aliphatic rings. The zero-order chi connectivity index (χ0) is 13.7. The van der Waals surface area contributed by atoms with Crippen molar-refractivity contribution in [3.05, 3.63) is 48.0 Å². The second kappa shape index (κ2) is 6.58. The van der Waals surface area contributed by atoms with E-state index >= 15 is 0 Å². The van der Waals surface area contributed by atoms with Crippen molar-refractivity contribution in [3.63, 3.8) is 0 Å². The molecule has 0 fully saturated rings. The van der Waals surface area contributed by atoms with Crippen LogP contribution in [-0.2, 0) is 9.53 Å². The van der Waals surface area contributed by atoms with Gasteiger partial charge in [-0.15, -0.1) is 11.6 Å². The normalized spacial score (nSPS) is 12.3. The van der Waals surface area contributed by atoms with Gasteiger partial charge in [-0.2, -0.15) is 0 Å². The Kier molecular flexibility index (Phi) is 4.80. The van der Waals surface area contributed by atoms with Gasteiger partial charge in [-0.25, -0.2) is 0 Å². The molecule has 2 rings (SSSR count). The summed E-state index contributed by atoms with van der Waals surface area (Å²) in [5.74, 6) is -0.187. The first-order chi connectivity index (χ1) is 9.22. The minimum absolute atomic E-state index is 0.171. The number of halogens is 1. The molecule has 2 aromatic rings. The van der Waals surface area contributed by atoms with E-state index in [1.807, 2.05) is 24.3 Å². The van der Waals surface area contributed by atoms with Crippen LogP contribution >= 0.6 is 11.6 Å². The predicted molar refractivity (Wildman–Crippen MR) is 78.4 cm³/mol. The van der Waals surface area contributed by atoms with Gasteiger partial charge in [0.05, 0.1) is 12.0 Å². The largest absolute Gasteiger partial charge is 0.466 e. The van der Waals surface area contributed by atoms with Crippen LogP contribution in [0.4, 0.5) is 0 Å². The van der Waals surface area contributed by atoms with Crippen molar-refractivity contribution in [2.45, 2.75) is 25.1 Å². The molecule has 1 atom stereocenters. The van der Waals surface area contributed by atoms with Crippen LogP contribution in [0.25, 0.3) is 10.8 Å². The summed E-state index contributed by atoms with van der Waals surface area (Å²) in [4.78, 5) is 11.4. The zero-order valence-corrected chi connectivity index (χ0v) is 11.7. The van der Waals surface area contributed by atoms with Gasteiger partial charge in [0.15, 0.2) is 0 Å². The van der Waals surface area contributed by atoms with E-state index in [0.29, 0.717) is 19.4 Å². The maximum Gasteiger partial charge on any atom is 0.305 e. The standard InChI is InChI=1S/C16H17ClO2/c1-2-19-16(18)11-10-15(17)14-9-5-7-12-6-3-4-8-13(12)14/h3-9,15H,2,10-11H2,1H3. The number of hydrogen-bond donors (Lipinski definition) is 0.